The molecule has 2 aliphatic rings. The van der Waals surface area contributed by atoms with E-state index in [9.17, 15) is 29.7 Å². The summed E-state index contributed by atoms with van der Waals surface area (Å²) in [5.41, 5.74) is 3.65. The molecule has 0 radical (unpaired) electrons. The first-order valence-electron chi connectivity index (χ1n) is 15.1. The van der Waals surface area contributed by atoms with E-state index < -0.39 is 48.4 Å². The number of fused-ring (bicyclic) bond motifs is 1. The normalized spacial score (nSPS) is 20.2. The van der Waals surface area contributed by atoms with E-state index >= 15 is 0 Å². The van der Waals surface area contributed by atoms with Crippen LogP contribution < -0.4 is 9.47 Å². The van der Waals surface area contributed by atoms with Crippen LogP contribution in [0.1, 0.15) is 30.4 Å². The lowest BCUT2D eigenvalue weighted by Gasteiger charge is -2.36. The predicted octanol–water partition coefficient (Wildman–Crippen LogP) is 5.44. The Kier molecular flexibility index (Phi) is 11.0. The number of rotatable bonds is 11. The van der Waals surface area contributed by atoms with Gasteiger partial charge in [0.2, 0.25) is 11.8 Å². The van der Waals surface area contributed by atoms with Crippen molar-refractivity contribution in [2.75, 3.05) is 27.4 Å². The number of aliphatic hydroxyl groups excluding tert-OH is 2. The first-order valence-corrected chi connectivity index (χ1v) is 16.2. The highest BCUT2D eigenvalue weighted by molar-refractivity contribution is 14.1. The molecule has 0 spiro atoms. The number of amides is 3. The molecule has 4 atom stereocenters. The number of hydrogen-bond acceptors (Lipinski definition) is 9. The van der Waals surface area contributed by atoms with E-state index in [1.807, 2.05) is 83.3 Å². The van der Waals surface area contributed by atoms with Crippen molar-refractivity contribution in [3.63, 3.8) is 0 Å². The molecule has 10 nitrogen and oxygen atoms in total. The van der Waals surface area contributed by atoms with Crippen LogP contribution in [0.25, 0.3) is 11.6 Å². The Balaban J connectivity index is 1.50. The molecule has 3 N–H and O–H groups in total. The Labute approximate surface area is 286 Å². The highest BCUT2D eigenvalue weighted by atomic mass is 127. The lowest BCUT2D eigenvalue weighted by molar-refractivity contribution is -0.137. The SMILES string of the molecule is COC(=O)N1C(=O)[C@@H]2[C@@H](CC(COc3ccccc3)=C([C@H](O)CC/C(=C/c3cc(I)c(O)c(OC)c3)c3ccccc3)[C@@H]2CO)C1=O. The molecule has 0 aromatic heterocycles. The number of halogens is 1. The van der Waals surface area contributed by atoms with Crippen LogP contribution in [0.15, 0.2) is 83.9 Å². The van der Waals surface area contributed by atoms with E-state index in [2.05, 4.69) is 0 Å². The molecular weight excluding hydrogens is 717 g/mol. The van der Waals surface area contributed by atoms with Crippen LogP contribution in [0.3, 0.4) is 0 Å². The van der Waals surface area contributed by atoms with Crippen LogP contribution >= 0.6 is 22.6 Å². The van der Waals surface area contributed by atoms with Gasteiger partial charge in [-0.3, -0.25) is 9.59 Å². The van der Waals surface area contributed by atoms with Gasteiger partial charge in [0.15, 0.2) is 11.5 Å². The van der Waals surface area contributed by atoms with Gasteiger partial charge in [0.25, 0.3) is 0 Å². The second-order valence-electron chi connectivity index (χ2n) is 11.4. The first-order chi connectivity index (χ1) is 22.7. The third kappa shape index (κ3) is 7.21. The van der Waals surface area contributed by atoms with Crippen LogP contribution in [0.4, 0.5) is 4.79 Å². The van der Waals surface area contributed by atoms with Gasteiger partial charge < -0.3 is 29.5 Å². The lowest BCUT2D eigenvalue weighted by Crippen LogP contribution is -2.40. The molecule has 1 saturated heterocycles. The number of phenolic OH excluding ortho intramolecular Hbond substituents is 1. The number of carbonyl (C=O) groups excluding carboxylic acids is 3. The molecular formula is C36H36INO9. The van der Waals surface area contributed by atoms with Gasteiger partial charge in [0.05, 0.1) is 42.3 Å². The third-order valence-corrected chi connectivity index (χ3v) is 9.52. The number of carbonyl (C=O) groups is 3. The smallest absolute Gasteiger partial charge is 0.423 e. The molecule has 3 aromatic rings. The Bertz CT molecular complexity index is 1690. The van der Waals surface area contributed by atoms with Gasteiger partial charge in [-0.2, -0.15) is 4.90 Å². The number of benzene rings is 3. The summed E-state index contributed by atoms with van der Waals surface area (Å²) < 4.78 is 16.7. The Hall–Kier alpha value is -4.20. The molecule has 3 amide bonds. The fourth-order valence-electron chi connectivity index (χ4n) is 6.48. The number of allylic oxidation sites excluding steroid dienone is 1. The number of aromatic hydroxyl groups is 1. The summed E-state index contributed by atoms with van der Waals surface area (Å²) in [5.74, 6) is -3.34. The molecule has 1 aliphatic heterocycles. The van der Waals surface area contributed by atoms with Crippen molar-refractivity contribution in [3.8, 4) is 17.2 Å². The number of nitrogens with zero attached hydrogens (tertiary/aromatic N) is 1. The van der Waals surface area contributed by atoms with E-state index in [0.717, 1.165) is 23.8 Å². The molecule has 47 heavy (non-hydrogen) atoms. The van der Waals surface area contributed by atoms with Gasteiger partial charge in [0, 0.05) is 5.92 Å². The van der Waals surface area contributed by atoms with Crippen molar-refractivity contribution in [1.29, 1.82) is 0 Å². The number of methoxy groups -OCH3 is 2. The maximum atomic E-state index is 13.5. The number of likely N-dealkylation sites (tertiary alicyclic amines) is 1. The van der Waals surface area contributed by atoms with Gasteiger partial charge in [-0.25, -0.2) is 4.79 Å². The highest BCUT2D eigenvalue weighted by Gasteiger charge is 2.57. The van der Waals surface area contributed by atoms with Crippen molar-refractivity contribution < 1.29 is 43.9 Å². The number of phenols is 1. The van der Waals surface area contributed by atoms with Crippen LogP contribution in [-0.4, -0.2) is 71.7 Å². The molecule has 246 valence electrons. The summed E-state index contributed by atoms with van der Waals surface area (Å²) in [6, 6.07) is 22.3. The molecule has 0 bridgehead atoms. The maximum absolute atomic E-state index is 13.5. The topological polar surface area (TPSA) is 143 Å². The fraction of sp³-hybridized carbons (Fsp3) is 0.306. The van der Waals surface area contributed by atoms with Crippen molar-refractivity contribution >= 4 is 52.1 Å². The second-order valence-corrected chi connectivity index (χ2v) is 12.6. The Morgan fingerprint density at radius 1 is 1.04 bits per heavy atom. The summed E-state index contributed by atoms with van der Waals surface area (Å²) >= 11 is 2.04. The molecule has 1 fully saturated rings. The quantitative estimate of drug-likeness (QED) is 0.101. The van der Waals surface area contributed by atoms with E-state index in [1.54, 1.807) is 18.2 Å². The minimum Gasteiger partial charge on any atom is -0.504 e. The third-order valence-electron chi connectivity index (χ3n) is 8.70. The van der Waals surface area contributed by atoms with Gasteiger partial charge in [0.1, 0.15) is 12.4 Å². The summed E-state index contributed by atoms with van der Waals surface area (Å²) in [6.45, 7) is -0.507. The lowest BCUT2D eigenvalue weighted by atomic mass is 9.68. The zero-order chi connectivity index (χ0) is 33.7. The largest absolute Gasteiger partial charge is 0.504 e. The average molecular weight is 754 g/mol. The van der Waals surface area contributed by atoms with Gasteiger partial charge >= 0.3 is 6.09 Å². The highest BCUT2D eigenvalue weighted by Crippen LogP contribution is 2.47. The van der Waals surface area contributed by atoms with Crippen LogP contribution in [-0.2, 0) is 14.3 Å². The molecule has 5 rings (SSSR count). The van der Waals surface area contributed by atoms with Crippen LogP contribution in [0.5, 0.6) is 17.2 Å². The molecule has 1 aliphatic carbocycles. The standard InChI is InChI=1S/C36H36INO9/c1-45-30-17-21(16-28(37)33(30)41)15-23(22-9-5-3-6-10-22)13-14-29(40)31-24(20-47-25-11-7-4-8-12-25)18-26-32(27(31)19-39)35(43)38(34(26)42)36(44)46-2/h3-12,15-17,26-27,29,32,39-41H,13-14,18-20H2,1-2H3/b23-15-/t26-,27+,29-,32-/m1/s1. The number of hydrogen-bond donors (Lipinski definition) is 3. The molecule has 3 aromatic carbocycles. The predicted molar refractivity (Wildman–Crippen MR) is 182 cm³/mol. The average Bonchev–Trinajstić information content (AvgIpc) is 3.35. The monoisotopic (exact) mass is 753 g/mol. The van der Waals surface area contributed by atoms with Crippen molar-refractivity contribution in [1.82, 2.24) is 4.90 Å². The van der Waals surface area contributed by atoms with E-state index in [-0.39, 0.29) is 25.2 Å². The molecule has 0 saturated carbocycles. The zero-order valence-corrected chi connectivity index (χ0v) is 28.1. The van der Waals surface area contributed by atoms with Gasteiger partial charge in [-0.05, 0) is 94.0 Å². The molecule has 1 heterocycles. The van der Waals surface area contributed by atoms with Crippen molar-refractivity contribution in [2.45, 2.75) is 25.4 Å². The van der Waals surface area contributed by atoms with Crippen molar-refractivity contribution in [3.05, 3.63) is 98.6 Å². The molecule has 11 heteroatoms. The van der Waals surface area contributed by atoms with Crippen molar-refractivity contribution in [2.24, 2.45) is 17.8 Å². The maximum Gasteiger partial charge on any atom is 0.423 e. The van der Waals surface area contributed by atoms with E-state index in [4.69, 9.17) is 14.2 Å². The minimum absolute atomic E-state index is 0.0168. The van der Waals surface area contributed by atoms with E-state index in [1.165, 1.54) is 7.11 Å². The summed E-state index contributed by atoms with van der Waals surface area (Å²) in [7, 11) is 2.58. The van der Waals surface area contributed by atoms with Crippen LogP contribution in [0, 0.1) is 21.3 Å². The summed E-state index contributed by atoms with van der Waals surface area (Å²) in [4.78, 5) is 39.7. The van der Waals surface area contributed by atoms with Gasteiger partial charge in [-0.15, -0.1) is 0 Å². The minimum atomic E-state index is -1.11. The number of aliphatic hydroxyl groups is 2. The van der Waals surface area contributed by atoms with Crippen LogP contribution in [0.2, 0.25) is 0 Å². The van der Waals surface area contributed by atoms with E-state index in [0.29, 0.717) is 37.5 Å². The summed E-state index contributed by atoms with van der Waals surface area (Å²) in [5, 5.41) is 32.9. The fourth-order valence-corrected chi connectivity index (χ4v) is 7.11. The number of imide groups is 3. The second kappa shape index (κ2) is 15.1. The number of ether oxygens (including phenoxy) is 3. The molecule has 0 unspecified atom stereocenters. The zero-order valence-electron chi connectivity index (χ0n) is 26.0. The first kappa shape index (κ1) is 34.1. The Morgan fingerprint density at radius 2 is 1.72 bits per heavy atom. The van der Waals surface area contributed by atoms with Gasteiger partial charge in [-0.1, -0.05) is 54.6 Å². The Morgan fingerprint density at radius 3 is 2.36 bits per heavy atom. The summed E-state index contributed by atoms with van der Waals surface area (Å²) in [6.07, 6.45) is 0.467. The number of para-hydroxylation sites is 1.